The first-order valence-electron chi connectivity index (χ1n) is 9.06. The molecular weight excluding hydrogens is 415 g/mol. The Bertz CT molecular complexity index is 1180. The lowest BCUT2D eigenvalue weighted by molar-refractivity contribution is -0.116. The highest BCUT2D eigenvalue weighted by atomic mass is 32.2. The number of amides is 1. The van der Waals surface area contributed by atoms with Crippen molar-refractivity contribution in [1.82, 2.24) is 9.55 Å². The van der Waals surface area contributed by atoms with Crippen molar-refractivity contribution in [3.63, 3.8) is 0 Å². The molecule has 0 aliphatic carbocycles. The number of fused-ring (bicyclic) bond motifs is 1. The third kappa shape index (κ3) is 3.97. The third-order valence-corrected chi connectivity index (χ3v) is 5.97. The molecule has 1 aliphatic rings. The van der Waals surface area contributed by atoms with Crippen LogP contribution in [0.25, 0.3) is 0 Å². The lowest BCUT2D eigenvalue weighted by Crippen LogP contribution is -2.33. The van der Waals surface area contributed by atoms with E-state index in [1.807, 2.05) is 0 Å². The van der Waals surface area contributed by atoms with Crippen molar-refractivity contribution >= 4 is 23.5 Å². The van der Waals surface area contributed by atoms with E-state index in [9.17, 15) is 22.8 Å². The molecule has 154 valence electrons. The SMILES string of the molecule is Cn1c(SCc2ccc(F)cc2)nc(=O)c2c1NC(=O)C[C@H]2c1cc(F)cc(F)c1. The van der Waals surface area contributed by atoms with Crippen LogP contribution >= 0.6 is 11.8 Å². The van der Waals surface area contributed by atoms with Crippen LogP contribution < -0.4 is 10.9 Å². The van der Waals surface area contributed by atoms with E-state index < -0.39 is 23.1 Å². The van der Waals surface area contributed by atoms with Gasteiger partial charge in [0.1, 0.15) is 23.3 Å². The largest absolute Gasteiger partial charge is 0.312 e. The lowest BCUT2D eigenvalue weighted by atomic mass is 9.86. The number of nitrogens with one attached hydrogen (secondary N) is 1. The molecule has 2 aromatic carbocycles. The average molecular weight is 431 g/mol. The fourth-order valence-corrected chi connectivity index (χ4v) is 4.37. The average Bonchev–Trinajstić information content (AvgIpc) is 2.69. The van der Waals surface area contributed by atoms with Crippen molar-refractivity contribution in [2.45, 2.75) is 23.2 Å². The third-order valence-electron chi connectivity index (χ3n) is 4.87. The molecule has 0 saturated carbocycles. The Morgan fingerprint density at radius 3 is 2.40 bits per heavy atom. The van der Waals surface area contributed by atoms with Gasteiger partial charge in [-0.15, -0.1) is 0 Å². The molecule has 30 heavy (non-hydrogen) atoms. The van der Waals surface area contributed by atoms with Gasteiger partial charge in [-0.2, -0.15) is 4.98 Å². The first-order valence-corrected chi connectivity index (χ1v) is 10.0. The Labute approximate surface area is 174 Å². The van der Waals surface area contributed by atoms with Crippen molar-refractivity contribution in [2.75, 3.05) is 5.32 Å². The Balaban J connectivity index is 1.72. The lowest BCUT2D eigenvalue weighted by Gasteiger charge is -2.27. The molecule has 9 heteroatoms. The van der Waals surface area contributed by atoms with Gasteiger partial charge >= 0.3 is 0 Å². The maximum absolute atomic E-state index is 13.7. The Morgan fingerprint density at radius 2 is 1.73 bits per heavy atom. The summed E-state index contributed by atoms with van der Waals surface area (Å²) in [6.45, 7) is 0. The predicted molar refractivity (Wildman–Crippen MR) is 107 cm³/mol. The molecule has 1 N–H and O–H groups in total. The Hall–Kier alpha value is -3.07. The monoisotopic (exact) mass is 431 g/mol. The number of carbonyl (C=O) groups excluding carboxylic acids is 1. The summed E-state index contributed by atoms with van der Waals surface area (Å²) in [6, 6.07) is 8.93. The second kappa shape index (κ2) is 7.98. The molecule has 1 atom stereocenters. The van der Waals surface area contributed by atoms with Crippen molar-refractivity contribution in [3.8, 4) is 0 Å². The van der Waals surface area contributed by atoms with Crippen LogP contribution in [0, 0.1) is 17.5 Å². The number of hydrogen-bond acceptors (Lipinski definition) is 4. The van der Waals surface area contributed by atoms with E-state index >= 15 is 0 Å². The maximum Gasteiger partial charge on any atom is 0.279 e. The van der Waals surface area contributed by atoms with Gasteiger partial charge in [-0.25, -0.2) is 13.2 Å². The summed E-state index contributed by atoms with van der Waals surface area (Å²) < 4.78 is 42.1. The van der Waals surface area contributed by atoms with Crippen LogP contribution in [0.4, 0.5) is 19.0 Å². The van der Waals surface area contributed by atoms with Crippen LogP contribution in [-0.4, -0.2) is 15.5 Å². The van der Waals surface area contributed by atoms with E-state index in [0.29, 0.717) is 10.9 Å². The van der Waals surface area contributed by atoms with Crippen LogP contribution in [0.15, 0.2) is 52.4 Å². The molecule has 0 fully saturated rings. The van der Waals surface area contributed by atoms with E-state index in [0.717, 1.165) is 23.8 Å². The molecule has 1 amide bonds. The summed E-state index contributed by atoms with van der Waals surface area (Å²) in [7, 11) is 1.65. The van der Waals surface area contributed by atoms with Gasteiger partial charge in [0.15, 0.2) is 5.16 Å². The molecule has 0 bridgehead atoms. The summed E-state index contributed by atoms with van der Waals surface area (Å²) >= 11 is 1.25. The highest BCUT2D eigenvalue weighted by Crippen LogP contribution is 2.36. The molecule has 0 spiro atoms. The van der Waals surface area contributed by atoms with Gasteiger partial charge in [-0.1, -0.05) is 23.9 Å². The number of aromatic nitrogens is 2. The van der Waals surface area contributed by atoms with Crippen LogP contribution in [0.1, 0.15) is 29.0 Å². The van der Waals surface area contributed by atoms with Gasteiger partial charge in [-0.05, 0) is 35.4 Å². The normalized spacial score (nSPS) is 15.6. The zero-order chi connectivity index (χ0) is 21.4. The zero-order valence-electron chi connectivity index (χ0n) is 15.8. The smallest absolute Gasteiger partial charge is 0.279 e. The van der Waals surface area contributed by atoms with E-state index in [1.165, 1.54) is 23.9 Å². The van der Waals surface area contributed by atoms with Gasteiger partial charge in [0, 0.05) is 31.2 Å². The molecule has 0 saturated heterocycles. The number of thioether (sulfide) groups is 1. The molecule has 1 aromatic heterocycles. The van der Waals surface area contributed by atoms with Crippen molar-refractivity contribution < 1.29 is 18.0 Å². The summed E-state index contributed by atoms with van der Waals surface area (Å²) in [5.41, 5.74) is 0.660. The van der Waals surface area contributed by atoms with Gasteiger partial charge in [0.25, 0.3) is 5.56 Å². The highest BCUT2D eigenvalue weighted by molar-refractivity contribution is 7.98. The van der Waals surface area contributed by atoms with Gasteiger partial charge in [-0.3, -0.25) is 9.59 Å². The van der Waals surface area contributed by atoms with E-state index in [-0.39, 0.29) is 35.1 Å². The summed E-state index contributed by atoms with van der Waals surface area (Å²) in [4.78, 5) is 29.2. The molecule has 1 aliphatic heterocycles. The summed E-state index contributed by atoms with van der Waals surface area (Å²) in [5.74, 6) is -2.39. The molecule has 5 nitrogen and oxygen atoms in total. The minimum absolute atomic E-state index is 0.116. The minimum Gasteiger partial charge on any atom is -0.312 e. The number of carbonyl (C=O) groups is 1. The second-order valence-electron chi connectivity index (χ2n) is 6.94. The van der Waals surface area contributed by atoms with Crippen molar-refractivity contribution in [2.24, 2.45) is 7.05 Å². The van der Waals surface area contributed by atoms with E-state index in [2.05, 4.69) is 10.3 Å². The number of benzene rings is 2. The zero-order valence-corrected chi connectivity index (χ0v) is 16.6. The fourth-order valence-electron chi connectivity index (χ4n) is 3.45. The Morgan fingerprint density at radius 1 is 1.07 bits per heavy atom. The number of hydrogen-bond donors (Lipinski definition) is 1. The molecule has 3 aromatic rings. The van der Waals surface area contributed by atoms with Crippen molar-refractivity contribution in [1.29, 1.82) is 0 Å². The van der Waals surface area contributed by atoms with Gasteiger partial charge < -0.3 is 9.88 Å². The Kier molecular flexibility index (Phi) is 5.38. The highest BCUT2D eigenvalue weighted by Gasteiger charge is 2.32. The molecule has 0 radical (unpaired) electrons. The maximum atomic E-state index is 13.7. The predicted octanol–water partition coefficient (Wildman–Crippen LogP) is 3.96. The fraction of sp³-hybridized carbons (Fsp3) is 0.190. The number of nitrogens with zero attached hydrogens (tertiary/aromatic N) is 2. The molecule has 2 heterocycles. The first kappa shape index (κ1) is 20.2. The molecule has 0 unspecified atom stereocenters. The molecule has 4 rings (SSSR count). The van der Waals surface area contributed by atoms with Crippen LogP contribution in [-0.2, 0) is 17.6 Å². The number of anilines is 1. The minimum atomic E-state index is -0.804. The van der Waals surface area contributed by atoms with E-state index in [4.69, 9.17) is 0 Å². The molecular formula is C21H16F3N3O2S. The van der Waals surface area contributed by atoms with Crippen molar-refractivity contribution in [3.05, 3.63) is 87.0 Å². The standard InChI is InChI=1S/C21H16F3N3O2S/c1-27-19-18(16(9-17(28)25-19)12-6-14(23)8-15(24)7-12)20(29)26-21(27)30-10-11-2-4-13(22)5-3-11/h2-8,16H,9-10H2,1H3,(H,25,28)/t16-/m0/s1. The number of rotatable bonds is 4. The number of halogens is 3. The van der Waals surface area contributed by atoms with Crippen LogP contribution in [0.5, 0.6) is 0 Å². The quantitative estimate of drug-likeness (QED) is 0.502. The second-order valence-corrected chi connectivity index (χ2v) is 7.89. The summed E-state index contributed by atoms with van der Waals surface area (Å²) in [6.07, 6.45) is -0.116. The van der Waals surface area contributed by atoms with Gasteiger partial charge in [0.2, 0.25) is 5.91 Å². The van der Waals surface area contributed by atoms with Gasteiger partial charge in [0.05, 0.1) is 5.56 Å². The van der Waals surface area contributed by atoms with Crippen LogP contribution in [0.2, 0.25) is 0 Å². The summed E-state index contributed by atoms with van der Waals surface area (Å²) in [5, 5.41) is 3.03. The topological polar surface area (TPSA) is 64.0 Å². The van der Waals surface area contributed by atoms with E-state index in [1.54, 1.807) is 23.7 Å². The van der Waals surface area contributed by atoms with Crippen LogP contribution in [0.3, 0.4) is 0 Å². The first-order chi connectivity index (χ1) is 14.3.